The van der Waals surface area contributed by atoms with Crippen molar-refractivity contribution in [1.82, 2.24) is 10.2 Å². The summed E-state index contributed by atoms with van der Waals surface area (Å²) >= 11 is 0. The lowest BCUT2D eigenvalue weighted by Gasteiger charge is -2.30. The normalized spacial score (nSPS) is 24.4. The van der Waals surface area contributed by atoms with Crippen LogP contribution < -0.4 is 5.32 Å². The summed E-state index contributed by atoms with van der Waals surface area (Å²) in [5, 5.41) is 3.33. The average Bonchev–Trinajstić information content (AvgIpc) is 2.05. The van der Waals surface area contributed by atoms with Crippen LogP contribution in [0.1, 0.15) is 0 Å². The predicted molar refractivity (Wildman–Crippen MR) is 48.4 cm³/mol. The van der Waals surface area contributed by atoms with Crippen molar-refractivity contribution in [3.8, 4) is 0 Å². The zero-order valence-corrected chi connectivity index (χ0v) is 8.64. The quantitative estimate of drug-likeness (QED) is 0.398. The van der Waals surface area contributed by atoms with E-state index in [0.717, 1.165) is 13.1 Å². The Morgan fingerprint density at radius 1 is 1.50 bits per heavy atom. The van der Waals surface area contributed by atoms with E-state index in [-0.39, 0.29) is 0 Å². The van der Waals surface area contributed by atoms with E-state index in [2.05, 4.69) is 22.9 Å². The number of nitrogens with zero attached hydrogens (tertiary/aromatic N) is 1. The summed E-state index contributed by atoms with van der Waals surface area (Å²) in [4.78, 5) is 2.50. The van der Waals surface area contributed by atoms with Gasteiger partial charge in [0, 0.05) is 42.1 Å². The monoisotopic (exact) mass is 156 g/mol. The molecular weight excluding hydrogens is 140 g/mol. The third-order valence-corrected chi connectivity index (χ3v) is 3.27. The number of hydrogen-bond acceptors (Lipinski definition) is 2. The van der Waals surface area contributed by atoms with Gasteiger partial charge >= 0.3 is 0 Å². The highest BCUT2D eigenvalue weighted by atomic mass is 28.1. The Kier molecular flexibility index (Phi) is 3.12. The molecule has 0 aliphatic carbocycles. The SMILES string of the molecule is C=CC([SiH3])N1CCNCC1. The summed E-state index contributed by atoms with van der Waals surface area (Å²) < 4.78 is 0. The van der Waals surface area contributed by atoms with Gasteiger partial charge in [0.2, 0.25) is 0 Å². The number of nitrogens with one attached hydrogen (secondary N) is 1. The van der Waals surface area contributed by atoms with Crippen LogP contribution in [0.5, 0.6) is 0 Å². The van der Waals surface area contributed by atoms with Gasteiger partial charge in [-0.15, -0.1) is 6.58 Å². The Morgan fingerprint density at radius 3 is 2.60 bits per heavy atom. The highest BCUT2D eigenvalue weighted by molar-refractivity contribution is 6.12. The minimum atomic E-state index is 0.683. The van der Waals surface area contributed by atoms with Crippen LogP contribution in [-0.2, 0) is 0 Å². The second-order valence-corrected chi connectivity index (χ2v) is 3.95. The van der Waals surface area contributed by atoms with Crippen molar-refractivity contribution in [2.45, 2.75) is 5.67 Å². The van der Waals surface area contributed by atoms with Gasteiger partial charge < -0.3 is 5.32 Å². The maximum absolute atomic E-state index is 3.81. The van der Waals surface area contributed by atoms with Crippen LogP contribution in [-0.4, -0.2) is 47.0 Å². The molecule has 10 heavy (non-hydrogen) atoms. The third-order valence-electron chi connectivity index (χ3n) is 2.07. The van der Waals surface area contributed by atoms with Gasteiger partial charge in [-0.3, -0.25) is 4.90 Å². The Labute approximate surface area is 65.7 Å². The molecule has 1 N–H and O–H groups in total. The highest BCUT2D eigenvalue weighted by Crippen LogP contribution is 1.97. The van der Waals surface area contributed by atoms with Crippen molar-refractivity contribution in [2.75, 3.05) is 26.2 Å². The zero-order valence-electron chi connectivity index (χ0n) is 6.64. The van der Waals surface area contributed by atoms with Gasteiger partial charge in [-0.1, -0.05) is 6.08 Å². The molecule has 0 aromatic rings. The molecule has 58 valence electrons. The maximum atomic E-state index is 3.81. The van der Waals surface area contributed by atoms with Crippen LogP contribution in [0.15, 0.2) is 12.7 Å². The fourth-order valence-corrected chi connectivity index (χ4v) is 1.75. The van der Waals surface area contributed by atoms with E-state index in [1.54, 1.807) is 0 Å². The van der Waals surface area contributed by atoms with E-state index in [4.69, 9.17) is 0 Å². The number of rotatable bonds is 2. The van der Waals surface area contributed by atoms with Crippen LogP contribution in [0.3, 0.4) is 0 Å². The summed E-state index contributed by atoms with van der Waals surface area (Å²) in [5.74, 6) is 0. The van der Waals surface area contributed by atoms with Crippen molar-refractivity contribution in [3.05, 3.63) is 12.7 Å². The van der Waals surface area contributed by atoms with Gasteiger partial charge in [0.05, 0.1) is 0 Å². The molecule has 0 radical (unpaired) electrons. The maximum Gasteiger partial charge on any atom is 0.0293 e. The Balaban J connectivity index is 2.30. The minimum Gasteiger partial charge on any atom is -0.314 e. The number of hydrogen-bond donors (Lipinski definition) is 1. The van der Waals surface area contributed by atoms with Crippen LogP contribution in [0.4, 0.5) is 0 Å². The summed E-state index contributed by atoms with van der Waals surface area (Å²) in [6.07, 6.45) is 2.07. The molecule has 1 fully saturated rings. The molecule has 1 aliphatic heterocycles. The molecule has 3 heteroatoms. The molecule has 0 bridgehead atoms. The van der Waals surface area contributed by atoms with E-state index in [1.165, 1.54) is 23.3 Å². The molecule has 1 rings (SSSR count). The predicted octanol–water partition coefficient (Wildman–Crippen LogP) is -1.23. The first-order valence-corrected chi connectivity index (χ1v) is 5.07. The molecule has 0 spiro atoms. The highest BCUT2D eigenvalue weighted by Gasteiger charge is 2.12. The molecule has 1 unspecified atom stereocenters. The Morgan fingerprint density at radius 2 is 2.10 bits per heavy atom. The van der Waals surface area contributed by atoms with Crippen LogP contribution >= 0.6 is 0 Å². The van der Waals surface area contributed by atoms with Crippen molar-refractivity contribution < 1.29 is 0 Å². The number of piperazine rings is 1. The van der Waals surface area contributed by atoms with Crippen molar-refractivity contribution in [3.63, 3.8) is 0 Å². The Hall–Kier alpha value is -0.123. The standard InChI is InChI=1S/C7H16N2Si/c1-2-7(10)9-5-3-8-4-6-9/h2,7-8H,1,3-6H2,10H3. The van der Waals surface area contributed by atoms with E-state index in [1.807, 2.05) is 0 Å². The second-order valence-electron chi connectivity index (χ2n) is 2.76. The van der Waals surface area contributed by atoms with Crippen LogP contribution in [0.25, 0.3) is 0 Å². The molecular formula is C7H16N2Si. The molecule has 1 saturated heterocycles. The van der Waals surface area contributed by atoms with E-state index in [9.17, 15) is 0 Å². The van der Waals surface area contributed by atoms with Crippen molar-refractivity contribution >= 4 is 10.2 Å². The molecule has 0 aromatic carbocycles. The lowest BCUT2D eigenvalue weighted by atomic mass is 10.3. The van der Waals surface area contributed by atoms with Gasteiger partial charge in [-0.05, 0) is 0 Å². The molecule has 1 heterocycles. The molecule has 0 amide bonds. The molecule has 0 saturated carbocycles. The van der Waals surface area contributed by atoms with Gasteiger partial charge in [0.25, 0.3) is 0 Å². The third kappa shape index (κ3) is 1.93. The first-order valence-electron chi connectivity index (χ1n) is 3.92. The lowest BCUT2D eigenvalue weighted by Crippen LogP contribution is -2.47. The van der Waals surface area contributed by atoms with E-state index < -0.39 is 0 Å². The zero-order chi connectivity index (χ0) is 7.40. The summed E-state index contributed by atoms with van der Waals surface area (Å²) in [6.45, 7) is 8.49. The first kappa shape index (κ1) is 7.98. The summed E-state index contributed by atoms with van der Waals surface area (Å²) in [5.41, 5.74) is 0.683. The average molecular weight is 156 g/mol. The Bertz CT molecular complexity index is 110. The smallest absolute Gasteiger partial charge is 0.0293 e. The fourth-order valence-electron chi connectivity index (χ4n) is 1.24. The summed E-state index contributed by atoms with van der Waals surface area (Å²) in [7, 11) is 1.21. The van der Waals surface area contributed by atoms with Crippen LogP contribution in [0, 0.1) is 0 Å². The topological polar surface area (TPSA) is 15.3 Å². The molecule has 1 aliphatic rings. The minimum absolute atomic E-state index is 0.683. The van der Waals surface area contributed by atoms with Crippen molar-refractivity contribution in [1.29, 1.82) is 0 Å². The van der Waals surface area contributed by atoms with Gasteiger partial charge in [-0.2, -0.15) is 0 Å². The molecule has 2 nitrogen and oxygen atoms in total. The first-order chi connectivity index (χ1) is 4.84. The van der Waals surface area contributed by atoms with Gasteiger partial charge in [0.15, 0.2) is 0 Å². The van der Waals surface area contributed by atoms with Gasteiger partial charge in [-0.25, -0.2) is 0 Å². The van der Waals surface area contributed by atoms with E-state index in [0.29, 0.717) is 5.67 Å². The van der Waals surface area contributed by atoms with Crippen LogP contribution in [0.2, 0.25) is 0 Å². The fraction of sp³-hybridized carbons (Fsp3) is 0.714. The largest absolute Gasteiger partial charge is 0.314 e. The summed E-state index contributed by atoms with van der Waals surface area (Å²) in [6, 6.07) is 0. The lowest BCUT2D eigenvalue weighted by molar-refractivity contribution is 0.244. The van der Waals surface area contributed by atoms with Crippen molar-refractivity contribution in [2.24, 2.45) is 0 Å². The molecule has 0 aromatic heterocycles. The van der Waals surface area contributed by atoms with E-state index >= 15 is 0 Å². The second kappa shape index (κ2) is 3.90. The molecule has 1 atom stereocenters. The van der Waals surface area contributed by atoms with Gasteiger partial charge in [0.1, 0.15) is 0 Å².